The van der Waals surface area contributed by atoms with E-state index >= 15 is 4.39 Å². The maximum absolute atomic E-state index is 15.5. The van der Waals surface area contributed by atoms with Gasteiger partial charge in [-0.15, -0.1) is 0 Å². The number of methoxy groups -OCH3 is 1. The van der Waals surface area contributed by atoms with E-state index in [4.69, 9.17) is 4.74 Å². The molecule has 0 amide bonds. The zero-order chi connectivity index (χ0) is 25.3. The molecule has 1 aliphatic heterocycles. The third-order valence-electron chi connectivity index (χ3n) is 7.56. The number of carboxylic acid groups (broad SMARTS) is 1. The molecule has 0 bridgehead atoms. The smallest absolute Gasteiger partial charge is 0.303 e. The lowest BCUT2D eigenvalue weighted by atomic mass is 9.79. The number of piperidine rings is 1. The summed E-state index contributed by atoms with van der Waals surface area (Å²) in [6.07, 6.45) is 5.98. The van der Waals surface area contributed by atoms with E-state index in [9.17, 15) is 9.90 Å². The lowest BCUT2D eigenvalue weighted by Crippen LogP contribution is -2.41. The number of nitrogens with zero attached hydrogens (tertiary/aromatic N) is 2. The molecule has 0 spiro atoms. The first-order chi connectivity index (χ1) is 17.5. The average molecular weight is 493 g/mol. The highest BCUT2D eigenvalue weighted by Gasteiger charge is 2.31. The fourth-order valence-corrected chi connectivity index (χ4v) is 5.57. The van der Waals surface area contributed by atoms with Crippen molar-refractivity contribution in [1.82, 2.24) is 9.88 Å². The van der Waals surface area contributed by atoms with Gasteiger partial charge in [0.1, 0.15) is 11.9 Å². The number of fused-ring (bicyclic) bond motifs is 1. The van der Waals surface area contributed by atoms with Gasteiger partial charge >= 0.3 is 5.97 Å². The molecule has 1 aromatic heterocycles. The third-order valence-corrected chi connectivity index (χ3v) is 7.56. The van der Waals surface area contributed by atoms with Crippen LogP contribution in [0.5, 0.6) is 5.75 Å². The third kappa shape index (κ3) is 7.03. The van der Waals surface area contributed by atoms with Crippen molar-refractivity contribution < 1.29 is 19.0 Å². The second kappa shape index (κ2) is 12.8. The van der Waals surface area contributed by atoms with Gasteiger partial charge in [-0.1, -0.05) is 30.3 Å². The molecule has 0 aliphatic carbocycles. The van der Waals surface area contributed by atoms with Gasteiger partial charge in [0.25, 0.3) is 0 Å². The molecule has 3 atom stereocenters. The van der Waals surface area contributed by atoms with Gasteiger partial charge in [-0.2, -0.15) is 0 Å². The number of alkyl halides is 1. The van der Waals surface area contributed by atoms with Crippen LogP contribution < -0.4 is 4.74 Å². The Morgan fingerprint density at radius 2 is 2.00 bits per heavy atom. The Morgan fingerprint density at radius 3 is 2.78 bits per heavy atom. The van der Waals surface area contributed by atoms with Crippen molar-refractivity contribution in [1.29, 1.82) is 0 Å². The molecule has 1 N–H and O–H groups in total. The van der Waals surface area contributed by atoms with Gasteiger partial charge in [0, 0.05) is 24.5 Å². The summed E-state index contributed by atoms with van der Waals surface area (Å²) >= 11 is 0. The number of rotatable bonds is 12. The lowest BCUT2D eigenvalue weighted by molar-refractivity contribution is -0.139. The van der Waals surface area contributed by atoms with Crippen molar-refractivity contribution in [2.75, 3.05) is 26.7 Å². The van der Waals surface area contributed by atoms with Crippen LogP contribution in [0.2, 0.25) is 0 Å². The number of benzene rings is 2. The van der Waals surface area contributed by atoms with E-state index in [0.717, 1.165) is 56.2 Å². The van der Waals surface area contributed by atoms with E-state index in [0.29, 0.717) is 24.2 Å². The van der Waals surface area contributed by atoms with E-state index < -0.39 is 12.1 Å². The number of unbranched alkanes of at least 4 members (excludes halogenated alkanes) is 1. The normalized spacial score (nSPS) is 19.3. The van der Waals surface area contributed by atoms with Crippen LogP contribution in [0, 0.1) is 11.8 Å². The van der Waals surface area contributed by atoms with Crippen molar-refractivity contribution in [3.05, 3.63) is 71.9 Å². The number of carboxylic acids is 1. The van der Waals surface area contributed by atoms with Crippen LogP contribution in [-0.2, 0) is 11.2 Å². The Balaban J connectivity index is 1.31. The van der Waals surface area contributed by atoms with Crippen LogP contribution >= 0.6 is 0 Å². The number of ether oxygens (including phenoxy) is 1. The van der Waals surface area contributed by atoms with Crippen LogP contribution in [0.25, 0.3) is 10.9 Å². The van der Waals surface area contributed by atoms with Crippen LogP contribution in [-0.4, -0.2) is 47.7 Å². The average Bonchev–Trinajstić information content (AvgIpc) is 2.90. The molecule has 0 radical (unpaired) electrons. The van der Waals surface area contributed by atoms with Gasteiger partial charge in [0.05, 0.1) is 12.6 Å². The molecular formula is C30H37FN2O3. The quantitative estimate of drug-likeness (QED) is 0.294. The second-order valence-corrected chi connectivity index (χ2v) is 9.98. The number of likely N-dealkylation sites (tertiary alicyclic amines) is 1. The number of aryl methyl sites for hydroxylation is 1. The molecule has 6 heteroatoms. The van der Waals surface area contributed by atoms with Gasteiger partial charge in [-0.3, -0.25) is 9.78 Å². The van der Waals surface area contributed by atoms with Crippen LogP contribution in [0.15, 0.2) is 60.8 Å². The van der Waals surface area contributed by atoms with Gasteiger partial charge < -0.3 is 14.7 Å². The molecule has 2 aromatic carbocycles. The van der Waals surface area contributed by atoms with E-state index in [1.54, 1.807) is 19.4 Å². The molecule has 1 saturated heterocycles. The first-order valence-electron chi connectivity index (χ1n) is 13.1. The molecule has 5 nitrogen and oxygen atoms in total. The number of aromatic nitrogens is 1. The summed E-state index contributed by atoms with van der Waals surface area (Å²) in [5.41, 5.74) is 2.74. The van der Waals surface area contributed by atoms with E-state index in [-0.39, 0.29) is 18.3 Å². The summed E-state index contributed by atoms with van der Waals surface area (Å²) in [5.74, 6) is 0.205. The summed E-state index contributed by atoms with van der Waals surface area (Å²) in [5, 5.41) is 10.3. The van der Waals surface area contributed by atoms with Crippen LogP contribution in [0.4, 0.5) is 4.39 Å². The minimum absolute atomic E-state index is 0.0619. The molecule has 2 heterocycles. The largest absolute Gasteiger partial charge is 0.497 e. The zero-order valence-electron chi connectivity index (χ0n) is 21.1. The highest BCUT2D eigenvalue weighted by atomic mass is 19.1. The molecule has 36 heavy (non-hydrogen) atoms. The number of halogens is 1. The molecular weight excluding hydrogens is 455 g/mol. The van der Waals surface area contributed by atoms with E-state index in [1.165, 1.54) is 5.56 Å². The molecule has 4 rings (SSSR count). The van der Waals surface area contributed by atoms with Gasteiger partial charge in [0.2, 0.25) is 0 Å². The fourth-order valence-electron chi connectivity index (χ4n) is 5.57. The maximum Gasteiger partial charge on any atom is 0.303 e. The van der Waals surface area contributed by atoms with Crippen molar-refractivity contribution in [2.24, 2.45) is 11.8 Å². The summed E-state index contributed by atoms with van der Waals surface area (Å²) in [6.45, 7) is 2.74. The van der Waals surface area contributed by atoms with Crippen molar-refractivity contribution in [3.8, 4) is 5.75 Å². The number of pyridine rings is 1. The number of carbonyl (C=O) groups is 1. The van der Waals surface area contributed by atoms with E-state index in [1.807, 2.05) is 24.3 Å². The first kappa shape index (κ1) is 26.1. The summed E-state index contributed by atoms with van der Waals surface area (Å²) < 4.78 is 20.8. The number of hydrogen-bond donors (Lipinski definition) is 1. The fraction of sp³-hybridized carbons (Fsp3) is 0.467. The zero-order valence-corrected chi connectivity index (χ0v) is 21.1. The van der Waals surface area contributed by atoms with Crippen LogP contribution in [0.3, 0.4) is 0 Å². The number of hydrogen-bond acceptors (Lipinski definition) is 4. The highest BCUT2D eigenvalue weighted by Crippen LogP contribution is 2.36. The predicted octanol–water partition coefficient (Wildman–Crippen LogP) is 6.47. The molecule has 0 unspecified atom stereocenters. The molecule has 1 aliphatic rings. The standard InChI is InChI=1S/C30H37FN2O3/c1-36-25-11-13-29-27(20-25)26(14-16-32-29)28(31)12-10-23-15-18-33(21-24(23)19-30(34)35)17-6-5-9-22-7-3-2-4-8-22/h2-4,7-8,11,13-14,16,20,23-24,28H,5-6,9-10,12,15,17-19,21H2,1H3,(H,34,35)/t23-,24+,28+/m1/s1. The SMILES string of the molecule is COc1ccc2nccc([C@@H](F)CC[C@@H]3CCN(CCCCc4ccccc4)C[C@@H]3CC(=O)O)c2c1. The Labute approximate surface area is 213 Å². The molecule has 3 aromatic rings. The topological polar surface area (TPSA) is 62.7 Å². The second-order valence-electron chi connectivity index (χ2n) is 9.98. The predicted molar refractivity (Wildman–Crippen MR) is 141 cm³/mol. The Kier molecular flexibility index (Phi) is 9.29. The van der Waals surface area contributed by atoms with Gasteiger partial charge in [-0.25, -0.2) is 4.39 Å². The molecule has 0 saturated carbocycles. The summed E-state index contributed by atoms with van der Waals surface area (Å²) in [4.78, 5) is 18.4. The minimum Gasteiger partial charge on any atom is -0.497 e. The van der Waals surface area contributed by atoms with E-state index in [2.05, 4.69) is 34.1 Å². The Morgan fingerprint density at radius 1 is 1.17 bits per heavy atom. The van der Waals surface area contributed by atoms with Crippen LogP contribution in [0.1, 0.15) is 55.8 Å². The lowest BCUT2D eigenvalue weighted by Gasteiger charge is -2.38. The minimum atomic E-state index is -1.12. The van der Waals surface area contributed by atoms with Gasteiger partial charge in [0.15, 0.2) is 0 Å². The van der Waals surface area contributed by atoms with Crippen molar-refractivity contribution in [2.45, 2.75) is 51.1 Å². The summed E-state index contributed by atoms with van der Waals surface area (Å²) in [7, 11) is 1.60. The molecule has 192 valence electrons. The van der Waals surface area contributed by atoms with Crippen molar-refractivity contribution in [3.63, 3.8) is 0 Å². The number of aliphatic carboxylic acids is 1. The maximum atomic E-state index is 15.5. The first-order valence-corrected chi connectivity index (χ1v) is 13.1. The Hall–Kier alpha value is -2.99. The van der Waals surface area contributed by atoms with Gasteiger partial charge in [-0.05, 0) is 98.8 Å². The highest BCUT2D eigenvalue weighted by molar-refractivity contribution is 5.83. The Bertz CT molecular complexity index is 1120. The van der Waals surface area contributed by atoms with Crippen molar-refractivity contribution >= 4 is 16.9 Å². The monoisotopic (exact) mass is 492 g/mol. The summed E-state index contributed by atoms with van der Waals surface area (Å²) in [6, 6.07) is 17.8. The molecule has 1 fully saturated rings.